The number of amides is 3. The first-order valence-electron chi connectivity index (χ1n) is 26.7. The molecule has 0 aliphatic carbocycles. The third-order valence-electron chi connectivity index (χ3n) is 15.0. The Bertz CT molecular complexity index is 3040. The van der Waals surface area contributed by atoms with Gasteiger partial charge in [-0.05, 0) is 116 Å². The highest BCUT2D eigenvalue weighted by Gasteiger charge is 2.55. The van der Waals surface area contributed by atoms with Crippen molar-refractivity contribution < 1.29 is 84.5 Å². The quantitative estimate of drug-likeness (QED) is 0.0523. The Labute approximate surface area is 470 Å². The number of hydrogen-bond donors (Lipinski definition) is 4. The molecule has 4 N–H and O–H groups in total. The summed E-state index contributed by atoms with van der Waals surface area (Å²) in [6.45, 7) is 25.8. The van der Waals surface area contributed by atoms with Crippen LogP contribution in [0, 0.1) is 24.5 Å². The number of nitrogens with zero attached hydrogens (tertiary/aromatic N) is 6. The molecule has 27 heteroatoms. The molecule has 0 radical (unpaired) electrons. The predicted molar refractivity (Wildman–Crippen MR) is 288 cm³/mol. The SMILES string of the molecule is [C-]#[N+]c1ccc2c(c1)[C@@H](N1CCCC1=O)[C@H](OP(=O)(O)O)C(C)(C)O2.[C-]#[N+]c1ccc2c(c1)[C@@H](N1CCCC1=O)[C@H](OP(=O)(O)OCCCCCCOP(=O)(O)O[C@H]1[C@H](N3CCCC3=O)c3cc(C#N)ccc3OC1(C)C)C(C)(C)O2. The number of fused-ring (bicyclic) bond motifs is 3. The number of carbonyl (C=O) groups is 3. The van der Waals surface area contributed by atoms with Crippen molar-refractivity contribution in [1.29, 1.82) is 5.26 Å². The Hall–Kier alpha value is -5.73. The lowest BCUT2D eigenvalue weighted by Crippen LogP contribution is -2.54. The van der Waals surface area contributed by atoms with Crippen molar-refractivity contribution in [2.24, 2.45) is 0 Å². The van der Waals surface area contributed by atoms with Crippen molar-refractivity contribution in [3.8, 4) is 23.3 Å². The van der Waals surface area contributed by atoms with E-state index in [1.54, 1.807) is 111 Å². The average molecular weight is 1180 g/mol. The summed E-state index contributed by atoms with van der Waals surface area (Å²) < 4.78 is 83.7. The van der Waals surface area contributed by atoms with Crippen molar-refractivity contribution in [2.75, 3.05) is 32.8 Å². The van der Waals surface area contributed by atoms with E-state index in [4.69, 9.17) is 50.0 Å². The predicted octanol–water partition coefficient (Wildman–Crippen LogP) is 9.59. The van der Waals surface area contributed by atoms with Crippen molar-refractivity contribution in [3.05, 3.63) is 99.7 Å². The second-order valence-electron chi connectivity index (χ2n) is 22.1. The highest BCUT2D eigenvalue weighted by atomic mass is 31.2. The van der Waals surface area contributed by atoms with Gasteiger partial charge in [-0.1, -0.05) is 25.0 Å². The van der Waals surface area contributed by atoms with Crippen LogP contribution in [0.1, 0.15) is 146 Å². The van der Waals surface area contributed by atoms with Crippen LogP contribution >= 0.6 is 23.5 Å². The Morgan fingerprint density at radius 2 is 0.914 bits per heavy atom. The third kappa shape index (κ3) is 14.0. The zero-order valence-electron chi connectivity index (χ0n) is 45.8. The zero-order valence-corrected chi connectivity index (χ0v) is 48.5. The smallest absolute Gasteiger partial charge is 0.472 e. The minimum atomic E-state index is -4.82. The molecule has 6 aliphatic heterocycles. The molecule has 6 heterocycles. The van der Waals surface area contributed by atoms with Crippen LogP contribution in [0.25, 0.3) is 9.69 Å². The van der Waals surface area contributed by atoms with E-state index in [1.807, 2.05) is 0 Å². The fourth-order valence-electron chi connectivity index (χ4n) is 11.3. The van der Waals surface area contributed by atoms with Crippen LogP contribution in [-0.2, 0) is 50.7 Å². The fraction of sp³-hybridized carbons (Fsp3) is 0.556. The number of hydrogen-bond acceptors (Lipinski definition) is 15. The van der Waals surface area contributed by atoms with Crippen molar-refractivity contribution in [1.82, 2.24) is 14.7 Å². The van der Waals surface area contributed by atoms with Gasteiger partial charge in [0.25, 0.3) is 0 Å². The Morgan fingerprint density at radius 3 is 1.23 bits per heavy atom. The van der Waals surface area contributed by atoms with E-state index < -0.39 is 76.7 Å². The van der Waals surface area contributed by atoms with Gasteiger partial charge in [-0.15, -0.1) is 0 Å². The van der Waals surface area contributed by atoms with Gasteiger partial charge in [-0.3, -0.25) is 37.0 Å². The number of nitriles is 1. The van der Waals surface area contributed by atoms with Gasteiger partial charge in [0.1, 0.15) is 52.4 Å². The second kappa shape index (κ2) is 24.2. The topological polar surface area (TPSA) is 299 Å². The first kappa shape index (κ1) is 61.3. The molecule has 3 fully saturated rings. The number of phosphoric ester groups is 3. The summed E-state index contributed by atoms with van der Waals surface area (Å²) in [6, 6.07) is 14.4. The third-order valence-corrected chi connectivity index (χ3v) is 17.5. The first-order valence-corrected chi connectivity index (χ1v) is 31.2. The first-order chi connectivity index (χ1) is 38.1. The summed E-state index contributed by atoms with van der Waals surface area (Å²) in [4.78, 5) is 90.2. The number of carbonyl (C=O) groups excluding carboxylic acids is 3. The van der Waals surface area contributed by atoms with E-state index in [1.165, 1.54) is 0 Å². The van der Waals surface area contributed by atoms with Gasteiger partial charge in [0.15, 0.2) is 11.4 Å². The van der Waals surface area contributed by atoms with Crippen LogP contribution in [0.15, 0.2) is 54.6 Å². The lowest BCUT2D eigenvalue weighted by molar-refractivity contribution is -0.139. The van der Waals surface area contributed by atoms with E-state index in [0.29, 0.717) is 135 Å². The van der Waals surface area contributed by atoms with Crippen LogP contribution in [0.4, 0.5) is 11.4 Å². The minimum absolute atomic E-state index is 0.110. The molecule has 0 saturated carbocycles. The molecule has 436 valence electrons. The Kier molecular flexibility index (Phi) is 18.4. The van der Waals surface area contributed by atoms with E-state index in [0.717, 1.165) is 0 Å². The Balaban J connectivity index is 0.000000286. The van der Waals surface area contributed by atoms with Gasteiger partial charge >= 0.3 is 23.5 Å². The van der Waals surface area contributed by atoms with E-state index >= 15 is 0 Å². The molecule has 3 saturated heterocycles. The van der Waals surface area contributed by atoms with Gasteiger partial charge < -0.3 is 48.5 Å². The lowest BCUT2D eigenvalue weighted by Gasteiger charge is -2.47. The summed E-state index contributed by atoms with van der Waals surface area (Å²) in [5.41, 5.74) is -0.770. The zero-order chi connectivity index (χ0) is 58.9. The summed E-state index contributed by atoms with van der Waals surface area (Å²) in [5, 5.41) is 9.53. The number of rotatable bonds is 18. The standard InChI is InChI=1S/C38H48N4O12P2.C16H19N2O6P/c1-37(2)35(33(41-18-10-12-31(41)43)27-22-25(24-39)14-16-29(27)51-37)53-55(45,46)49-20-8-6-7-9-21-50-56(47,48)54-36-34(42-19-11-13-32(42)44)28-23-26(40-5)15-17-30(28)52-38(36,3)4;1-16(2)15(24-25(20,21)22)14(18-8-4-5-13(18)19)11-9-10(17-3)6-7-12(11)23-16/h14-17,22-23,33-36H,6-13,18-21H2,1-4H3,(H,45,46)(H,47,48);6-7,9,14-15H,4-5,8H2,1-2H3,(H2,20,21,22)/t33-,34-,35+,36+;14-,15+/m11/s1. The largest absolute Gasteiger partial charge is 0.485 e. The summed E-state index contributed by atoms with van der Waals surface area (Å²) >= 11 is 0. The summed E-state index contributed by atoms with van der Waals surface area (Å²) in [7, 11) is -14.2. The van der Waals surface area contributed by atoms with Gasteiger partial charge in [0.05, 0.1) is 56.1 Å². The normalized spacial score (nSPS) is 25.7. The Morgan fingerprint density at radius 1 is 0.568 bits per heavy atom. The van der Waals surface area contributed by atoms with E-state index in [9.17, 15) is 52.9 Å². The van der Waals surface area contributed by atoms with Crippen LogP contribution in [0.5, 0.6) is 17.2 Å². The van der Waals surface area contributed by atoms with Gasteiger partial charge in [-0.2, -0.15) is 5.26 Å². The maximum atomic E-state index is 13.3. The molecule has 3 aromatic carbocycles. The fourth-order valence-corrected chi connectivity index (χ4v) is 14.1. The molecule has 8 atom stereocenters. The van der Waals surface area contributed by atoms with Crippen molar-refractivity contribution >= 4 is 52.6 Å². The molecule has 81 heavy (non-hydrogen) atoms. The van der Waals surface area contributed by atoms with Crippen LogP contribution in [0.2, 0.25) is 0 Å². The highest BCUT2D eigenvalue weighted by Crippen LogP contribution is 2.57. The molecule has 0 spiro atoms. The molecular weight excluding hydrogens is 1110 g/mol. The molecule has 2 unspecified atom stereocenters. The van der Waals surface area contributed by atoms with Gasteiger partial charge in [0.2, 0.25) is 17.7 Å². The number of phosphoric acid groups is 3. The number of ether oxygens (including phenoxy) is 3. The number of unbranched alkanes of at least 4 members (excludes halogenated alkanes) is 3. The van der Waals surface area contributed by atoms with Crippen LogP contribution < -0.4 is 14.2 Å². The van der Waals surface area contributed by atoms with Gasteiger partial charge in [0, 0.05) is 55.6 Å². The number of benzene rings is 3. The molecule has 3 amide bonds. The monoisotopic (exact) mass is 1180 g/mol. The molecule has 24 nitrogen and oxygen atoms in total. The highest BCUT2D eigenvalue weighted by molar-refractivity contribution is 7.47. The molecule has 3 aromatic rings. The van der Waals surface area contributed by atoms with Crippen LogP contribution in [-0.4, -0.2) is 120 Å². The lowest BCUT2D eigenvalue weighted by atomic mass is 9.85. The maximum absolute atomic E-state index is 13.3. The summed E-state index contributed by atoms with van der Waals surface area (Å²) in [5.74, 6) is 1.03. The maximum Gasteiger partial charge on any atom is 0.472 e. The average Bonchev–Trinajstić information content (AvgIpc) is 3.07. The minimum Gasteiger partial charge on any atom is -0.485 e. The second-order valence-corrected chi connectivity index (χ2v) is 26.1. The molecular formula is C54H67N6O18P3. The molecule has 0 aromatic heterocycles. The molecule has 9 rings (SSSR count). The summed E-state index contributed by atoms with van der Waals surface area (Å²) in [6.07, 6.45) is 1.44. The van der Waals surface area contributed by atoms with Crippen molar-refractivity contribution in [2.45, 2.75) is 159 Å². The van der Waals surface area contributed by atoms with E-state index in [2.05, 4.69) is 15.8 Å². The van der Waals surface area contributed by atoms with Crippen LogP contribution in [0.3, 0.4) is 0 Å². The van der Waals surface area contributed by atoms with E-state index in [-0.39, 0.29) is 30.9 Å². The van der Waals surface area contributed by atoms with Crippen molar-refractivity contribution in [3.63, 3.8) is 0 Å². The van der Waals surface area contributed by atoms with Gasteiger partial charge in [-0.25, -0.2) is 23.4 Å². The molecule has 6 aliphatic rings. The number of likely N-dealkylation sites (tertiary alicyclic amines) is 3. The molecule has 0 bridgehead atoms.